The Morgan fingerprint density at radius 1 is 1.56 bits per heavy atom. The Morgan fingerprint density at radius 3 is 2.56 bits per heavy atom. The summed E-state index contributed by atoms with van der Waals surface area (Å²) in [4.78, 5) is 0. The summed E-state index contributed by atoms with van der Waals surface area (Å²) < 4.78 is 19.7. The van der Waals surface area contributed by atoms with Gasteiger partial charge in [0.25, 0.3) is 0 Å². The molecule has 0 radical (unpaired) electrons. The van der Waals surface area contributed by atoms with E-state index in [1.807, 2.05) is 0 Å². The number of hydrogen-bond acceptors (Lipinski definition) is 4. The van der Waals surface area contributed by atoms with E-state index in [0.717, 1.165) is 0 Å². The molecule has 5 heteroatoms. The fourth-order valence-electron chi connectivity index (χ4n) is 0.567. The van der Waals surface area contributed by atoms with E-state index in [9.17, 15) is 4.57 Å². The van der Waals surface area contributed by atoms with Crippen LogP contribution in [0.15, 0.2) is 0 Å². The first-order valence-electron chi connectivity index (χ1n) is 2.73. The van der Waals surface area contributed by atoms with Crippen LogP contribution in [-0.4, -0.2) is 24.9 Å². The van der Waals surface area contributed by atoms with E-state index >= 15 is 0 Å². The zero-order valence-corrected chi connectivity index (χ0v) is 5.87. The molecule has 0 aliphatic carbocycles. The first-order valence-corrected chi connectivity index (χ1v) is 3.96. The normalized spacial score (nSPS) is 36.6. The third-order valence-electron chi connectivity index (χ3n) is 1.13. The number of aliphatic hydroxyl groups is 1. The Bertz CT molecular complexity index is 105. The van der Waals surface area contributed by atoms with Gasteiger partial charge in [0.2, 0.25) is 0 Å². The predicted molar refractivity (Wildman–Crippen MR) is 31.5 cm³/mol. The third-order valence-corrected chi connectivity index (χ3v) is 1.94. The van der Waals surface area contributed by atoms with Gasteiger partial charge in [0.1, 0.15) is 0 Å². The molecule has 1 aliphatic rings. The highest BCUT2D eigenvalue weighted by atomic mass is 31.1. The molecule has 54 valence electrons. The second kappa shape index (κ2) is 3.32. The fraction of sp³-hybridized carbons (Fsp3) is 1.00. The van der Waals surface area contributed by atoms with Gasteiger partial charge in [0, 0.05) is 5.92 Å². The first-order chi connectivity index (χ1) is 4.33. The van der Waals surface area contributed by atoms with Crippen molar-refractivity contribution in [3.63, 3.8) is 0 Å². The molecule has 9 heavy (non-hydrogen) atoms. The van der Waals surface area contributed by atoms with Crippen molar-refractivity contribution in [2.75, 3.05) is 19.8 Å². The van der Waals surface area contributed by atoms with E-state index in [2.05, 4.69) is 9.05 Å². The van der Waals surface area contributed by atoms with Gasteiger partial charge < -0.3 is 14.2 Å². The zero-order chi connectivity index (χ0) is 6.69. The highest BCUT2D eigenvalue weighted by molar-refractivity contribution is 7.33. The molecule has 1 rings (SSSR count). The van der Waals surface area contributed by atoms with Crippen LogP contribution in [0.4, 0.5) is 0 Å². The van der Waals surface area contributed by atoms with Crippen LogP contribution in [0.3, 0.4) is 0 Å². The summed E-state index contributed by atoms with van der Waals surface area (Å²) in [6.07, 6.45) is 0. The van der Waals surface area contributed by atoms with Gasteiger partial charge in [-0.05, 0) is 0 Å². The lowest BCUT2D eigenvalue weighted by molar-refractivity contribution is 0.0695. The topological polar surface area (TPSA) is 55.8 Å². The van der Waals surface area contributed by atoms with Crippen LogP contribution in [0.2, 0.25) is 0 Å². The first kappa shape index (κ1) is 7.22. The summed E-state index contributed by atoms with van der Waals surface area (Å²) in [6.45, 7) is 0.748. The second-order valence-corrected chi connectivity index (χ2v) is 3.00. The van der Waals surface area contributed by atoms with Gasteiger partial charge in [-0.15, -0.1) is 0 Å². The molecule has 1 heterocycles. The predicted octanol–water partition coefficient (Wildman–Crippen LogP) is 0.0314. The summed E-state index contributed by atoms with van der Waals surface area (Å²) in [6, 6.07) is 0. The summed E-state index contributed by atoms with van der Waals surface area (Å²) >= 11 is 0. The van der Waals surface area contributed by atoms with Gasteiger partial charge in [-0.3, -0.25) is 4.57 Å². The van der Waals surface area contributed by atoms with Gasteiger partial charge in [-0.2, -0.15) is 0 Å². The van der Waals surface area contributed by atoms with Crippen LogP contribution in [-0.2, 0) is 13.6 Å². The summed E-state index contributed by atoms with van der Waals surface area (Å²) in [7, 11) is -2.20. The lowest BCUT2D eigenvalue weighted by Crippen LogP contribution is -2.21. The lowest BCUT2D eigenvalue weighted by atomic mass is 10.2. The quantitative estimate of drug-likeness (QED) is 0.538. The summed E-state index contributed by atoms with van der Waals surface area (Å²) in [5.41, 5.74) is 0. The molecule has 0 spiro atoms. The van der Waals surface area contributed by atoms with Gasteiger partial charge in [-0.1, -0.05) is 0 Å². The molecule has 0 aromatic carbocycles. The molecule has 1 aliphatic heterocycles. The van der Waals surface area contributed by atoms with Gasteiger partial charge in [0.15, 0.2) is 0 Å². The highest BCUT2D eigenvalue weighted by Gasteiger charge is 2.16. The average molecular weight is 152 g/mol. The van der Waals surface area contributed by atoms with E-state index in [0.29, 0.717) is 13.2 Å². The largest absolute Gasteiger partial charge is 0.396 e. The van der Waals surface area contributed by atoms with Crippen LogP contribution >= 0.6 is 8.25 Å². The Hall–Kier alpha value is 0.110. The van der Waals surface area contributed by atoms with Crippen LogP contribution in [0.5, 0.6) is 0 Å². The van der Waals surface area contributed by atoms with Crippen molar-refractivity contribution in [1.82, 2.24) is 0 Å². The van der Waals surface area contributed by atoms with Crippen LogP contribution in [0.25, 0.3) is 0 Å². The lowest BCUT2D eigenvalue weighted by Gasteiger charge is -2.19. The molecular weight excluding hydrogens is 143 g/mol. The molecule has 0 bridgehead atoms. The third kappa shape index (κ3) is 2.06. The minimum absolute atomic E-state index is 0.00713. The number of rotatable bonds is 1. The molecule has 0 aromatic rings. The maximum atomic E-state index is 10.4. The van der Waals surface area contributed by atoms with Crippen molar-refractivity contribution in [2.45, 2.75) is 0 Å². The van der Waals surface area contributed by atoms with Crippen molar-refractivity contribution in [3.8, 4) is 0 Å². The van der Waals surface area contributed by atoms with Crippen molar-refractivity contribution in [1.29, 1.82) is 0 Å². The summed E-state index contributed by atoms with van der Waals surface area (Å²) in [5.74, 6) is 0.00713. The molecule has 0 atom stereocenters. The molecule has 1 N–H and O–H groups in total. The van der Waals surface area contributed by atoms with E-state index < -0.39 is 8.25 Å². The molecule has 4 nitrogen and oxygen atoms in total. The number of aliphatic hydroxyl groups excluding tert-OH is 1. The molecule has 1 fully saturated rings. The molecular formula is C4H9O4P. The van der Waals surface area contributed by atoms with E-state index in [1.54, 1.807) is 0 Å². The SMILES string of the molecule is O=[PH]1OCC(CO)CO1. The molecule has 0 amide bonds. The molecule has 0 saturated carbocycles. The van der Waals surface area contributed by atoms with E-state index in [-0.39, 0.29) is 12.5 Å². The van der Waals surface area contributed by atoms with Crippen molar-refractivity contribution in [3.05, 3.63) is 0 Å². The Labute approximate surface area is 53.7 Å². The monoisotopic (exact) mass is 152 g/mol. The molecule has 0 aromatic heterocycles. The minimum Gasteiger partial charge on any atom is -0.396 e. The number of hydrogen-bond donors (Lipinski definition) is 1. The average Bonchev–Trinajstić information content (AvgIpc) is 1.90. The van der Waals surface area contributed by atoms with Gasteiger partial charge in [-0.25, -0.2) is 0 Å². The van der Waals surface area contributed by atoms with Crippen LogP contribution in [0, 0.1) is 5.92 Å². The van der Waals surface area contributed by atoms with Crippen molar-refractivity contribution >= 4 is 8.25 Å². The van der Waals surface area contributed by atoms with Gasteiger partial charge >= 0.3 is 8.25 Å². The maximum absolute atomic E-state index is 10.4. The Balaban J connectivity index is 2.26. The van der Waals surface area contributed by atoms with Crippen LogP contribution in [0.1, 0.15) is 0 Å². The smallest absolute Gasteiger partial charge is 0.319 e. The standard InChI is InChI=1S/C4H9O4P/c5-1-4-2-7-9(6)8-3-4/h4-5,9H,1-3H2. The Kier molecular flexibility index (Phi) is 2.66. The second-order valence-electron chi connectivity index (χ2n) is 1.92. The zero-order valence-electron chi connectivity index (χ0n) is 4.87. The van der Waals surface area contributed by atoms with E-state index in [4.69, 9.17) is 5.11 Å². The van der Waals surface area contributed by atoms with Crippen molar-refractivity contribution in [2.24, 2.45) is 5.92 Å². The molecule has 0 unspecified atom stereocenters. The van der Waals surface area contributed by atoms with E-state index in [1.165, 1.54) is 0 Å². The maximum Gasteiger partial charge on any atom is 0.319 e. The van der Waals surface area contributed by atoms with Crippen molar-refractivity contribution < 1.29 is 18.7 Å². The Morgan fingerprint density at radius 2 is 2.11 bits per heavy atom. The van der Waals surface area contributed by atoms with Gasteiger partial charge in [0.05, 0.1) is 19.8 Å². The highest BCUT2D eigenvalue weighted by Crippen LogP contribution is 2.29. The minimum atomic E-state index is -2.20. The molecule has 1 saturated heterocycles. The van der Waals surface area contributed by atoms with Crippen LogP contribution < -0.4 is 0 Å². The fourth-order valence-corrected chi connectivity index (χ4v) is 1.39. The summed E-state index contributed by atoms with van der Waals surface area (Å²) in [5, 5.41) is 8.53.